The van der Waals surface area contributed by atoms with Crippen molar-refractivity contribution < 1.29 is 14.3 Å². The number of para-hydroxylation sites is 1. The number of nitrogens with zero attached hydrogens (tertiary/aromatic N) is 3. The molecule has 0 atom stereocenters. The highest BCUT2D eigenvalue weighted by atomic mass is 16.5. The molecule has 0 saturated carbocycles. The Morgan fingerprint density at radius 2 is 1.58 bits per heavy atom. The second-order valence-corrected chi connectivity index (χ2v) is 8.21. The largest absolute Gasteiger partial charge is 0.462 e. The molecule has 2 aromatic carbocycles. The number of likely N-dealkylation sites (tertiary alicyclic amines) is 1. The van der Waals surface area contributed by atoms with E-state index in [1.54, 1.807) is 6.92 Å². The van der Waals surface area contributed by atoms with Crippen LogP contribution in [0.25, 0.3) is 0 Å². The Bertz CT molecular complexity index is 1060. The molecule has 3 aromatic rings. The second-order valence-electron chi connectivity index (χ2n) is 8.21. The minimum Gasteiger partial charge on any atom is -0.462 e. The zero-order chi connectivity index (χ0) is 23.1. The molecule has 1 aliphatic rings. The molecule has 1 fully saturated rings. The van der Waals surface area contributed by atoms with Crippen LogP contribution in [0, 0.1) is 0 Å². The van der Waals surface area contributed by atoms with E-state index >= 15 is 0 Å². The second kappa shape index (κ2) is 10.3. The van der Waals surface area contributed by atoms with Crippen LogP contribution in [0.2, 0.25) is 0 Å². The van der Waals surface area contributed by atoms with Gasteiger partial charge in [-0.15, -0.1) is 0 Å². The molecule has 1 aromatic heterocycles. The number of aromatic nitrogens is 2. The number of anilines is 1. The van der Waals surface area contributed by atoms with Crippen LogP contribution in [-0.4, -0.2) is 46.6 Å². The molecule has 0 unspecified atom stereocenters. The molecule has 0 radical (unpaired) electrons. The summed E-state index contributed by atoms with van der Waals surface area (Å²) in [5.74, 6) is 0.258. The van der Waals surface area contributed by atoms with Gasteiger partial charge in [-0.3, -0.25) is 0 Å². The van der Waals surface area contributed by atoms with Crippen molar-refractivity contribution in [2.75, 3.05) is 25.0 Å². The van der Waals surface area contributed by atoms with Gasteiger partial charge in [-0.1, -0.05) is 48.5 Å². The van der Waals surface area contributed by atoms with Gasteiger partial charge < -0.3 is 15.0 Å². The summed E-state index contributed by atoms with van der Waals surface area (Å²) < 4.78 is 5.02. The molecule has 0 aliphatic carbocycles. The van der Waals surface area contributed by atoms with E-state index in [9.17, 15) is 9.59 Å². The molecule has 1 N–H and O–H groups in total. The van der Waals surface area contributed by atoms with E-state index < -0.39 is 5.97 Å². The summed E-state index contributed by atoms with van der Waals surface area (Å²) in [4.78, 5) is 35.5. The van der Waals surface area contributed by atoms with E-state index in [-0.39, 0.29) is 11.4 Å². The fraction of sp³-hybridized carbons (Fsp3) is 0.308. The number of esters is 1. The van der Waals surface area contributed by atoms with Crippen molar-refractivity contribution in [1.29, 1.82) is 0 Å². The van der Waals surface area contributed by atoms with Crippen LogP contribution in [-0.2, 0) is 16.6 Å². The Hall–Kier alpha value is -3.74. The van der Waals surface area contributed by atoms with Crippen LogP contribution in [0.3, 0.4) is 0 Å². The molecular formula is C26H28N4O3. The van der Waals surface area contributed by atoms with Crippen molar-refractivity contribution in [2.45, 2.75) is 31.6 Å². The third-order valence-corrected chi connectivity index (χ3v) is 6.13. The lowest BCUT2D eigenvalue weighted by atomic mass is 9.70. The first-order chi connectivity index (χ1) is 16.1. The smallest absolute Gasteiger partial charge is 0.341 e. The summed E-state index contributed by atoms with van der Waals surface area (Å²) in [6.45, 7) is 3.35. The number of rotatable bonds is 6. The van der Waals surface area contributed by atoms with Crippen LogP contribution >= 0.6 is 0 Å². The molecule has 7 nitrogen and oxygen atoms in total. The maximum absolute atomic E-state index is 12.8. The summed E-state index contributed by atoms with van der Waals surface area (Å²) in [6, 6.07) is 19.8. The Labute approximate surface area is 193 Å². The number of urea groups is 1. The SMILES string of the molecule is CCOC(=O)c1cnc(CC2(c3ccccc3)CCN(C(=O)Nc3ccccc3)CC2)nc1. The van der Waals surface area contributed by atoms with Crippen LogP contribution < -0.4 is 5.32 Å². The number of piperidine rings is 1. The maximum Gasteiger partial charge on any atom is 0.341 e. The lowest BCUT2D eigenvalue weighted by Crippen LogP contribution is -2.47. The zero-order valence-electron chi connectivity index (χ0n) is 18.7. The number of hydrogen-bond acceptors (Lipinski definition) is 5. The quantitative estimate of drug-likeness (QED) is 0.568. The number of amides is 2. The molecule has 1 saturated heterocycles. The molecule has 0 bridgehead atoms. The summed E-state index contributed by atoms with van der Waals surface area (Å²) in [5, 5.41) is 2.97. The van der Waals surface area contributed by atoms with Gasteiger partial charge in [0.25, 0.3) is 0 Å². The van der Waals surface area contributed by atoms with Crippen LogP contribution in [0.1, 0.15) is 41.5 Å². The third kappa shape index (κ3) is 5.37. The standard InChI is InChI=1S/C26H28N4O3/c1-2-33-24(31)20-18-27-23(28-19-20)17-26(21-9-5-3-6-10-21)13-15-30(16-14-26)25(32)29-22-11-7-4-8-12-22/h3-12,18-19H,2,13-17H2,1H3,(H,29,32). The zero-order valence-corrected chi connectivity index (χ0v) is 18.7. The highest BCUT2D eigenvalue weighted by molar-refractivity contribution is 5.89. The minimum absolute atomic E-state index is 0.0853. The average molecular weight is 445 g/mol. The maximum atomic E-state index is 12.8. The Balaban J connectivity index is 1.49. The van der Waals surface area contributed by atoms with E-state index in [2.05, 4.69) is 27.4 Å². The van der Waals surface area contributed by atoms with Gasteiger partial charge in [0.1, 0.15) is 5.82 Å². The van der Waals surface area contributed by atoms with Gasteiger partial charge >= 0.3 is 12.0 Å². The molecule has 7 heteroatoms. The first-order valence-corrected chi connectivity index (χ1v) is 11.2. The van der Waals surface area contributed by atoms with Gasteiger partial charge in [0.05, 0.1) is 12.2 Å². The van der Waals surface area contributed by atoms with Gasteiger partial charge in [0.15, 0.2) is 0 Å². The molecular weight excluding hydrogens is 416 g/mol. The van der Waals surface area contributed by atoms with Crippen LogP contribution in [0.15, 0.2) is 73.1 Å². The Kier molecular flexibility index (Phi) is 6.98. The van der Waals surface area contributed by atoms with E-state index in [0.717, 1.165) is 18.5 Å². The lowest BCUT2D eigenvalue weighted by molar-refractivity contribution is 0.0525. The van der Waals surface area contributed by atoms with Crippen LogP contribution in [0.5, 0.6) is 0 Å². The first kappa shape index (κ1) is 22.5. The summed E-state index contributed by atoms with van der Waals surface area (Å²) >= 11 is 0. The molecule has 2 amide bonds. The third-order valence-electron chi connectivity index (χ3n) is 6.13. The molecule has 170 valence electrons. The first-order valence-electron chi connectivity index (χ1n) is 11.2. The van der Waals surface area contributed by atoms with Crippen molar-refractivity contribution in [3.8, 4) is 0 Å². The fourth-order valence-electron chi connectivity index (χ4n) is 4.29. The lowest BCUT2D eigenvalue weighted by Gasteiger charge is -2.42. The summed E-state index contributed by atoms with van der Waals surface area (Å²) in [6.07, 6.45) is 5.28. The molecule has 33 heavy (non-hydrogen) atoms. The summed E-state index contributed by atoms with van der Waals surface area (Å²) in [7, 11) is 0. The van der Waals surface area contributed by atoms with Crippen molar-refractivity contribution >= 4 is 17.7 Å². The van der Waals surface area contributed by atoms with Crippen molar-refractivity contribution in [1.82, 2.24) is 14.9 Å². The van der Waals surface area contributed by atoms with Crippen LogP contribution in [0.4, 0.5) is 10.5 Å². The molecule has 1 aliphatic heterocycles. The number of hydrogen-bond donors (Lipinski definition) is 1. The van der Waals surface area contributed by atoms with Gasteiger partial charge in [-0.05, 0) is 37.5 Å². The Morgan fingerprint density at radius 1 is 0.970 bits per heavy atom. The monoisotopic (exact) mass is 444 g/mol. The van der Waals surface area contributed by atoms with Crippen molar-refractivity contribution in [2.24, 2.45) is 0 Å². The highest BCUT2D eigenvalue weighted by Gasteiger charge is 2.38. The topological polar surface area (TPSA) is 84.4 Å². The number of carbonyl (C=O) groups is 2. The summed E-state index contributed by atoms with van der Waals surface area (Å²) in [5.41, 5.74) is 2.17. The van der Waals surface area contributed by atoms with E-state index in [1.165, 1.54) is 18.0 Å². The van der Waals surface area contributed by atoms with Gasteiger partial charge in [0, 0.05) is 43.0 Å². The highest BCUT2D eigenvalue weighted by Crippen LogP contribution is 2.38. The van der Waals surface area contributed by atoms with Gasteiger partial charge in [-0.25, -0.2) is 19.6 Å². The fourth-order valence-corrected chi connectivity index (χ4v) is 4.29. The minimum atomic E-state index is -0.417. The van der Waals surface area contributed by atoms with E-state index in [1.807, 2.05) is 53.4 Å². The average Bonchev–Trinajstić information content (AvgIpc) is 2.86. The molecule has 4 rings (SSSR count). The van der Waals surface area contributed by atoms with Crippen molar-refractivity contribution in [3.63, 3.8) is 0 Å². The molecule has 2 heterocycles. The predicted molar refractivity (Wildman–Crippen MR) is 126 cm³/mol. The van der Waals surface area contributed by atoms with E-state index in [0.29, 0.717) is 37.5 Å². The normalized spacial score (nSPS) is 15.0. The number of ether oxygens (including phenoxy) is 1. The number of carbonyl (C=O) groups excluding carboxylic acids is 2. The number of benzene rings is 2. The Morgan fingerprint density at radius 3 is 2.18 bits per heavy atom. The molecule has 0 spiro atoms. The number of nitrogens with one attached hydrogen (secondary N) is 1. The van der Waals surface area contributed by atoms with Crippen molar-refractivity contribution in [3.05, 3.63) is 90.0 Å². The van der Waals surface area contributed by atoms with Gasteiger partial charge in [-0.2, -0.15) is 0 Å². The van der Waals surface area contributed by atoms with Gasteiger partial charge in [0.2, 0.25) is 0 Å². The predicted octanol–water partition coefficient (Wildman–Crippen LogP) is 4.46. The van der Waals surface area contributed by atoms with E-state index in [4.69, 9.17) is 4.74 Å².